The Hall–Kier alpha value is -2.08. The molecule has 0 radical (unpaired) electrons. The number of ether oxygens (including phenoxy) is 1. The van der Waals surface area contributed by atoms with Gasteiger partial charge in [-0.1, -0.05) is 54.3 Å². The Labute approximate surface area is 127 Å². The van der Waals surface area contributed by atoms with Gasteiger partial charge in [-0.2, -0.15) is 0 Å². The standard InChI is InChI=1S/C19H21NO/c1-2-21-16-19-13-7-6-12-18(19)15-20-14-8-11-17-9-4-3-5-10-17/h3-7,9-10,12-13,20H,2,14-16H2,1H3. The van der Waals surface area contributed by atoms with Gasteiger partial charge in [0.15, 0.2) is 0 Å². The highest BCUT2D eigenvalue weighted by molar-refractivity contribution is 5.34. The monoisotopic (exact) mass is 279 g/mol. The number of hydrogen-bond donors (Lipinski definition) is 1. The molecule has 2 rings (SSSR count). The summed E-state index contributed by atoms with van der Waals surface area (Å²) in [5.74, 6) is 6.28. The van der Waals surface area contributed by atoms with Crippen molar-refractivity contribution in [1.82, 2.24) is 5.32 Å². The van der Waals surface area contributed by atoms with Gasteiger partial charge in [-0.25, -0.2) is 0 Å². The zero-order chi connectivity index (χ0) is 14.8. The molecule has 108 valence electrons. The second-order valence-electron chi connectivity index (χ2n) is 4.68. The maximum Gasteiger partial charge on any atom is 0.0719 e. The largest absolute Gasteiger partial charge is 0.377 e. The Morgan fingerprint density at radius 2 is 1.67 bits per heavy atom. The van der Waals surface area contributed by atoms with Crippen LogP contribution in [0.3, 0.4) is 0 Å². The smallest absolute Gasteiger partial charge is 0.0719 e. The maximum absolute atomic E-state index is 5.49. The third kappa shape index (κ3) is 5.43. The quantitative estimate of drug-likeness (QED) is 0.646. The fourth-order valence-electron chi connectivity index (χ4n) is 2.01. The Balaban J connectivity index is 1.82. The molecule has 2 aromatic rings. The molecule has 0 spiro atoms. The van der Waals surface area contributed by atoms with Crippen molar-refractivity contribution in [3.8, 4) is 11.8 Å². The molecule has 2 aromatic carbocycles. The summed E-state index contributed by atoms with van der Waals surface area (Å²) in [6, 6.07) is 18.4. The summed E-state index contributed by atoms with van der Waals surface area (Å²) < 4.78 is 5.49. The molecule has 0 aliphatic heterocycles. The van der Waals surface area contributed by atoms with Crippen LogP contribution in [-0.2, 0) is 17.9 Å². The molecule has 0 aromatic heterocycles. The van der Waals surface area contributed by atoms with Crippen LogP contribution in [0.1, 0.15) is 23.6 Å². The molecule has 0 aliphatic rings. The van der Waals surface area contributed by atoms with E-state index < -0.39 is 0 Å². The summed E-state index contributed by atoms with van der Waals surface area (Å²) in [7, 11) is 0. The first-order valence-electron chi connectivity index (χ1n) is 7.29. The Morgan fingerprint density at radius 3 is 2.43 bits per heavy atom. The highest BCUT2D eigenvalue weighted by Gasteiger charge is 2.00. The molecule has 0 bridgehead atoms. The maximum atomic E-state index is 5.49. The van der Waals surface area contributed by atoms with E-state index in [1.165, 1.54) is 11.1 Å². The second kappa shape index (κ2) is 8.97. The highest BCUT2D eigenvalue weighted by atomic mass is 16.5. The van der Waals surface area contributed by atoms with Crippen molar-refractivity contribution >= 4 is 0 Å². The van der Waals surface area contributed by atoms with Gasteiger partial charge in [-0.15, -0.1) is 0 Å². The van der Waals surface area contributed by atoms with E-state index in [1.54, 1.807) is 0 Å². The van der Waals surface area contributed by atoms with Gasteiger partial charge in [0.2, 0.25) is 0 Å². The van der Waals surface area contributed by atoms with Gasteiger partial charge in [-0.3, -0.25) is 0 Å². The molecular weight excluding hydrogens is 258 g/mol. The van der Waals surface area contributed by atoms with Gasteiger partial charge in [0.1, 0.15) is 0 Å². The fraction of sp³-hybridized carbons (Fsp3) is 0.263. The lowest BCUT2D eigenvalue weighted by atomic mass is 10.1. The molecule has 21 heavy (non-hydrogen) atoms. The first-order chi connectivity index (χ1) is 10.4. The predicted octanol–water partition coefficient (Wildman–Crippen LogP) is 3.36. The van der Waals surface area contributed by atoms with Crippen molar-refractivity contribution in [3.05, 3.63) is 71.3 Å². The van der Waals surface area contributed by atoms with E-state index in [1.807, 2.05) is 43.3 Å². The highest BCUT2D eigenvalue weighted by Crippen LogP contribution is 2.09. The lowest BCUT2D eigenvalue weighted by Crippen LogP contribution is -2.14. The minimum Gasteiger partial charge on any atom is -0.377 e. The average Bonchev–Trinajstić information content (AvgIpc) is 2.54. The minimum absolute atomic E-state index is 0.671. The van der Waals surface area contributed by atoms with E-state index in [0.717, 1.165) is 18.7 Å². The van der Waals surface area contributed by atoms with Crippen LogP contribution >= 0.6 is 0 Å². The summed E-state index contributed by atoms with van der Waals surface area (Å²) in [4.78, 5) is 0. The van der Waals surface area contributed by atoms with E-state index in [0.29, 0.717) is 13.2 Å². The van der Waals surface area contributed by atoms with Crippen molar-refractivity contribution in [2.24, 2.45) is 0 Å². The van der Waals surface area contributed by atoms with Crippen molar-refractivity contribution in [2.75, 3.05) is 13.2 Å². The average molecular weight is 279 g/mol. The van der Waals surface area contributed by atoms with Crippen molar-refractivity contribution in [3.63, 3.8) is 0 Å². The van der Waals surface area contributed by atoms with Gasteiger partial charge in [0.25, 0.3) is 0 Å². The molecule has 0 atom stereocenters. The lowest BCUT2D eigenvalue weighted by Gasteiger charge is -2.09. The molecule has 0 unspecified atom stereocenters. The van der Waals surface area contributed by atoms with E-state index >= 15 is 0 Å². The third-order valence-corrected chi connectivity index (χ3v) is 3.12. The summed E-state index contributed by atoms with van der Waals surface area (Å²) in [5.41, 5.74) is 3.56. The first kappa shape index (κ1) is 15.3. The first-order valence-corrected chi connectivity index (χ1v) is 7.29. The molecule has 0 saturated heterocycles. The Morgan fingerprint density at radius 1 is 0.952 bits per heavy atom. The Kier molecular flexibility index (Phi) is 6.54. The molecular formula is C19H21NO. The van der Waals surface area contributed by atoms with Gasteiger partial charge >= 0.3 is 0 Å². The zero-order valence-electron chi connectivity index (χ0n) is 12.4. The SMILES string of the molecule is CCOCc1ccccc1CNCC#Cc1ccccc1. The molecule has 2 heteroatoms. The number of rotatable bonds is 6. The van der Waals surface area contributed by atoms with E-state index in [9.17, 15) is 0 Å². The van der Waals surface area contributed by atoms with Crippen LogP contribution in [0.25, 0.3) is 0 Å². The van der Waals surface area contributed by atoms with E-state index in [4.69, 9.17) is 4.74 Å². The fourth-order valence-corrected chi connectivity index (χ4v) is 2.01. The summed E-state index contributed by atoms with van der Waals surface area (Å²) in [6.45, 7) is 4.92. The van der Waals surface area contributed by atoms with Crippen LogP contribution in [0.4, 0.5) is 0 Å². The van der Waals surface area contributed by atoms with Crippen molar-refractivity contribution in [1.29, 1.82) is 0 Å². The molecule has 2 nitrogen and oxygen atoms in total. The Bertz CT molecular complexity index is 596. The topological polar surface area (TPSA) is 21.3 Å². The number of hydrogen-bond acceptors (Lipinski definition) is 2. The normalized spacial score (nSPS) is 9.95. The summed E-state index contributed by atoms with van der Waals surface area (Å²) in [5, 5.41) is 3.36. The molecule has 0 heterocycles. The van der Waals surface area contributed by atoms with Crippen LogP contribution in [0.15, 0.2) is 54.6 Å². The molecule has 0 amide bonds. The lowest BCUT2D eigenvalue weighted by molar-refractivity contribution is 0.133. The number of benzene rings is 2. The molecule has 0 fully saturated rings. The van der Waals surface area contributed by atoms with Gasteiger partial charge in [0.05, 0.1) is 13.2 Å². The van der Waals surface area contributed by atoms with Crippen molar-refractivity contribution in [2.45, 2.75) is 20.1 Å². The predicted molar refractivity (Wildman–Crippen MR) is 86.8 cm³/mol. The molecule has 0 saturated carbocycles. The molecule has 0 aliphatic carbocycles. The van der Waals surface area contributed by atoms with E-state index in [2.05, 4.69) is 35.4 Å². The minimum atomic E-state index is 0.671. The van der Waals surface area contributed by atoms with Gasteiger partial charge < -0.3 is 10.1 Å². The van der Waals surface area contributed by atoms with Crippen molar-refractivity contribution < 1.29 is 4.74 Å². The van der Waals surface area contributed by atoms with Gasteiger partial charge in [-0.05, 0) is 30.2 Å². The van der Waals surface area contributed by atoms with Crippen LogP contribution in [-0.4, -0.2) is 13.2 Å². The third-order valence-electron chi connectivity index (χ3n) is 3.12. The summed E-state index contributed by atoms with van der Waals surface area (Å²) >= 11 is 0. The van der Waals surface area contributed by atoms with Crippen LogP contribution in [0.5, 0.6) is 0 Å². The second-order valence-corrected chi connectivity index (χ2v) is 4.68. The molecule has 1 N–H and O–H groups in total. The zero-order valence-corrected chi connectivity index (χ0v) is 12.4. The van der Waals surface area contributed by atoms with Gasteiger partial charge in [0, 0.05) is 18.7 Å². The van der Waals surface area contributed by atoms with E-state index in [-0.39, 0.29) is 0 Å². The van der Waals surface area contributed by atoms with Crippen LogP contribution in [0, 0.1) is 11.8 Å². The van der Waals surface area contributed by atoms with Crippen LogP contribution in [0.2, 0.25) is 0 Å². The summed E-state index contributed by atoms with van der Waals surface area (Å²) in [6.07, 6.45) is 0. The van der Waals surface area contributed by atoms with Crippen LogP contribution < -0.4 is 5.32 Å². The number of nitrogens with one attached hydrogen (secondary N) is 1.